The molecule has 0 aliphatic heterocycles. The molecule has 0 saturated carbocycles. The van der Waals surface area contributed by atoms with Gasteiger partial charge in [0.1, 0.15) is 0 Å². The minimum atomic E-state index is -0.246. The Morgan fingerprint density at radius 2 is 2.19 bits per heavy atom. The molecule has 16 heavy (non-hydrogen) atoms. The Morgan fingerprint density at radius 1 is 1.44 bits per heavy atom. The van der Waals surface area contributed by atoms with Crippen LogP contribution in [0.2, 0.25) is 10.0 Å². The van der Waals surface area contributed by atoms with Crippen molar-refractivity contribution in [3.05, 3.63) is 39.9 Å². The summed E-state index contributed by atoms with van der Waals surface area (Å²) in [6.45, 7) is 2.17. The molecule has 0 saturated heterocycles. The van der Waals surface area contributed by atoms with E-state index < -0.39 is 0 Å². The van der Waals surface area contributed by atoms with Crippen LogP contribution in [0.1, 0.15) is 18.9 Å². The van der Waals surface area contributed by atoms with Crippen LogP contribution in [0.4, 0.5) is 0 Å². The van der Waals surface area contributed by atoms with Crippen molar-refractivity contribution < 1.29 is 9.53 Å². The first-order valence-electron chi connectivity index (χ1n) is 4.90. The number of carbonyl (C=O) groups excluding carboxylic acids is 1. The molecular weight excluding hydrogens is 247 g/mol. The third kappa shape index (κ3) is 4.25. The first-order valence-corrected chi connectivity index (χ1v) is 5.66. The van der Waals surface area contributed by atoms with Crippen LogP contribution in [-0.4, -0.2) is 12.6 Å². The van der Waals surface area contributed by atoms with Crippen LogP contribution in [0, 0.1) is 0 Å². The van der Waals surface area contributed by atoms with E-state index in [4.69, 9.17) is 27.9 Å². The Kier molecular flexibility index (Phi) is 5.36. The standard InChI is InChI=1S/C12H12Cl2O2/c1-2-16-12(15)5-3-4-9-6-7-10(13)8-11(9)14/h3-4,6-8H,2,5H2,1H3. The fourth-order valence-electron chi connectivity index (χ4n) is 1.14. The van der Waals surface area contributed by atoms with Crippen molar-refractivity contribution in [1.82, 2.24) is 0 Å². The summed E-state index contributed by atoms with van der Waals surface area (Å²) < 4.78 is 4.78. The van der Waals surface area contributed by atoms with Crippen LogP contribution < -0.4 is 0 Å². The van der Waals surface area contributed by atoms with Gasteiger partial charge in [-0.15, -0.1) is 0 Å². The van der Waals surface area contributed by atoms with E-state index in [0.717, 1.165) is 5.56 Å². The van der Waals surface area contributed by atoms with Gasteiger partial charge in [0.25, 0.3) is 0 Å². The van der Waals surface area contributed by atoms with Gasteiger partial charge in [-0.2, -0.15) is 0 Å². The van der Waals surface area contributed by atoms with E-state index in [0.29, 0.717) is 16.7 Å². The Labute approximate surface area is 105 Å². The van der Waals surface area contributed by atoms with E-state index in [2.05, 4.69) is 0 Å². The third-order valence-electron chi connectivity index (χ3n) is 1.85. The van der Waals surface area contributed by atoms with Gasteiger partial charge < -0.3 is 4.74 Å². The fraction of sp³-hybridized carbons (Fsp3) is 0.250. The second-order valence-corrected chi connectivity index (χ2v) is 3.92. The average Bonchev–Trinajstić information content (AvgIpc) is 2.22. The maximum atomic E-state index is 11.0. The lowest BCUT2D eigenvalue weighted by Gasteiger charge is -1.99. The number of carbonyl (C=O) groups is 1. The van der Waals surface area contributed by atoms with E-state index in [-0.39, 0.29) is 12.4 Å². The highest BCUT2D eigenvalue weighted by atomic mass is 35.5. The Hall–Kier alpha value is -0.990. The van der Waals surface area contributed by atoms with Crippen molar-refractivity contribution in [3.8, 4) is 0 Å². The summed E-state index contributed by atoms with van der Waals surface area (Å²) in [5.41, 5.74) is 0.829. The summed E-state index contributed by atoms with van der Waals surface area (Å²) in [5.74, 6) is -0.246. The maximum Gasteiger partial charge on any atom is 0.309 e. The topological polar surface area (TPSA) is 26.3 Å². The van der Waals surface area contributed by atoms with Crippen molar-refractivity contribution in [2.45, 2.75) is 13.3 Å². The molecule has 1 aromatic carbocycles. The van der Waals surface area contributed by atoms with Crippen molar-refractivity contribution in [2.24, 2.45) is 0 Å². The number of esters is 1. The lowest BCUT2D eigenvalue weighted by molar-refractivity contribution is -0.142. The highest BCUT2D eigenvalue weighted by Gasteiger charge is 1.99. The highest BCUT2D eigenvalue weighted by Crippen LogP contribution is 2.22. The Bertz CT molecular complexity index is 400. The molecule has 0 N–H and O–H groups in total. The molecule has 0 heterocycles. The molecule has 0 fully saturated rings. The molecule has 0 unspecified atom stereocenters. The molecule has 0 aromatic heterocycles. The molecule has 0 bridgehead atoms. The van der Waals surface area contributed by atoms with Gasteiger partial charge in [-0.05, 0) is 24.6 Å². The molecule has 0 aliphatic rings. The number of benzene rings is 1. The Morgan fingerprint density at radius 3 is 2.81 bits per heavy atom. The number of ether oxygens (including phenoxy) is 1. The summed E-state index contributed by atoms with van der Waals surface area (Å²) in [6, 6.07) is 5.21. The maximum absolute atomic E-state index is 11.0. The SMILES string of the molecule is CCOC(=O)CC=Cc1ccc(Cl)cc1Cl. The second-order valence-electron chi connectivity index (χ2n) is 3.08. The number of hydrogen-bond donors (Lipinski definition) is 0. The molecule has 0 spiro atoms. The molecule has 0 atom stereocenters. The number of halogens is 2. The van der Waals surface area contributed by atoms with Crippen LogP contribution in [0.3, 0.4) is 0 Å². The van der Waals surface area contributed by atoms with E-state index in [9.17, 15) is 4.79 Å². The molecular formula is C12H12Cl2O2. The lowest BCUT2D eigenvalue weighted by atomic mass is 10.2. The Balaban J connectivity index is 2.59. The molecule has 2 nitrogen and oxygen atoms in total. The van der Waals surface area contributed by atoms with E-state index >= 15 is 0 Å². The summed E-state index contributed by atoms with van der Waals surface area (Å²) in [5, 5.41) is 1.15. The van der Waals surface area contributed by atoms with Gasteiger partial charge in [0.15, 0.2) is 0 Å². The predicted molar refractivity (Wildman–Crippen MR) is 66.7 cm³/mol. The first-order chi connectivity index (χ1) is 7.63. The zero-order valence-corrected chi connectivity index (χ0v) is 10.4. The minimum Gasteiger partial charge on any atom is -0.466 e. The van der Waals surface area contributed by atoms with Crippen LogP contribution >= 0.6 is 23.2 Å². The van der Waals surface area contributed by atoms with Gasteiger partial charge in [0, 0.05) is 10.0 Å². The quantitative estimate of drug-likeness (QED) is 0.765. The van der Waals surface area contributed by atoms with Crippen molar-refractivity contribution >= 4 is 35.2 Å². The zero-order valence-electron chi connectivity index (χ0n) is 8.87. The summed E-state index contributed by atoms with van der Waals surface area (Å²) in [4.78, 5) is 11.0. The summed E-state index contributed by atoms with van der Waals surface area (Å²) >= 11 is 11.7. The van der Waals surface area contributed by atoms with E-state index in [1.54, 1.807) is 37.3 Å². The van der Waals surface area contributed by atoms with Gasteiger partial charge in [-0.1, -0.05) is 41.4 Å². The van der Waals surface area contributed by atoms with Crippen LogP contribution in [-0.2, 0) is 9.53 Å². The smallest absolute Gasteiger partial charge is 0.309 e. The molecule has 0 radical (unpaired) electrons. The summed E-state index contributed by atoms with van der Waals surface area (Å²) in [6.07, 6.45) is 3.73. The van der Waals surface area contributed by atoms with Gasteiger partial charge in [-0.3, -0.25) is 4.79 Å². The van der Waals surface area contributed by atoms with Crippen molar-refractivity contribution in [1.29, 1.82) is 0 Å². The van der Waals surface area contributed by atoms with Gasteiger partial charge in [0.05, 0.1) is 13.0 Å². The van der Waals surface area contributed by atoms with Gasteiger partial charge in [-0.25, -0.2) is 0 Å². The zero-order chi connectivity index (χ0) is 12.0. The van der Waals surface area contributed by atoms with E-state index in [1.165, 1.54) is 0 Å². The molecule has 0 amide bonds. The third-order valence-corrected chi connectivity index (χ3v) is 2.41. The highest BCUT2D eigenvalue weighted by molar-refractivity contribution is 6.35. The lowest BCUT2D eigenvalue weighted by Crippen LogP contribution is -2.01. The number of rotatable bonds is 4. The largest absolute Gasteiger partial charge is 0.466 e. The van der Waals surface area contributed by atoms with E-state index in [1.807, 2.05) is 0 Å². The van der Waals surface area contributed by atoms with Gasteiger partial charge >= 0.3 is 5.97 Å². The molecule has 1 aromatic rings. The van der Waals surface area contributed by atoms with Crippen molar-refractivity contribution in [2.75, 3.05) is 6.61 Å². The fourth-order valence-corrected chi connectivity index (χ4v) is 1.61. The summed E-state index contributed by atoms with van der Waals surface area (Å²) in [7, 11) is 0. The predicted octanol–water partition coefficient (Wildman–Crippen LogP) is 3.96. The average molecular weight is 259 g/mol. The van der Waals surface area contributed by atoms with Crippen LogP contribution in [0.5, 0.6) is 0 Å². The second kappa shape index (κ2) is 6.56. The van der Waals surface area contributed by atoms with Crippen LogP contribution in [0.15, 0.2) is 24.3 Å². The minimum absolute atomic E-state index is 0.243. The first kappa shape index (κ1) is 13.1. The molecule has 0 aliphatic carbocycles. The van der Waals surface area contributed by atoms with Gasteiger partial charge in [0.2, 0.25) is 0 Å². The van der Waals surface area contributed by atoms with Crippen LogP contribution in [0.25, 0.3) is 6.08 Å². The normalized spacial score (nSPS) is 10.7. The molecule has 1 rings (SSSR count). The van der Waals surface area contributed by atoms with Crippen molar-refractivity contribution in [3.63, 3.8) is 0 Å². The molecule has 4 heteroatoms. The monoisotopic (exact) mass is 258 g/mol. The molecule has 86 valence electrons. The number of hydrogen-bond acceptors (Lipinski definition) is 2.